The molecule has 0 aliphatic carbocycles. The predicted octanol–water partition coefficient (Wildman–Crippen LogP) is 3.92. The number of methoxy groups -OCH3 is 1. The molecule has 2 aromatic rings. The number of hydrogen-bond donors (Lipinski definition) is 1. The van der Waals surface area contributed by atoms with E-state index >= 15 is 0 Å². The summed E-state index contributed by atoms with van der Waals surface area (Å²) in [6, 6.07) is 12.6. The number of carbonyl (C=O) groups is 2. The molecule has 3 rings (SSSR count). The van der Waals surface area contributed by atoms with Gasteiger partial charge in [0.25, 0.3) is 11.8 Å². The van der Waals surface area contributed by atoms with Crippen LogP contribution in [-0.2, 0) is 11.3 Å². The van der Waals surface area contributed by atoms with E-state index < -0.39 is 0 Å². The topological polar surface area (TPSA) is 67.9 Å². The molecule has 0 saturated carbocycles. The van der Waals surface area contributed by atoms with E-state index in [9.17, 15) is 9.59 Å². The third kappa shape index (κ3) is 5.97. The van der Waals surface area contributed by atoms with Gasteiger partial charge in [0.05, 0.1) is 18.8 Å². The first-order valence-corrected chi connectivity index (χ1v) is 10.5. The molecule has 1 N–H and O–H groups in total. The Hall–Kier alpha value is -2.57. The van der Waals surface area contributed by atoms with E-state index in [2.05, 4.69) is 5.32 Å². The van der Waals surface area contributed by atoms with Crippen molar-refractivity contribution in [3.8, 4) is 5.75 Å². The SMILES string of the molecule is COCc1cccc(C(=O)N2CCCCNC(=O)c3cc(Cl)ccc3OCCC2)c1. The maximum Gasteiger partial charge on any atom is 0.255 e. The van der Waals surface area contributed by atoms with Gasteiger partial charge in [-0.15, -0.1) is 0 Å². The van der Waals surface area contributed by atoms with E-state index in [1.165, 1.54) is 0 Å². The minimum absolute atomic E-state index is 0.000887. The molecule has 7 heteroatoms. The predicted molar refractivity (Wildman–Crippen MR) is 116 cm³/mol. The molecule has 0 radical (unpaired) electrons. The molecule has 1 aliphatic heterocycles. The Morgan fingerprint density at radius 3 is 2.83 bits per heavy atom. The van der Waals surface area contributed by atoms with Gasteiger partial charge in [0.2, 0.25) is 0 Å². The van der Waals surface area contributed by atoms with Crippen LogP contribution in [0.4, 0.5) is 0 Å². The minimum atomic E-state index is -0.199. The van der Waals surface area contributed by atoms with Crippen LogP contribution in [-0.4, -0.2) is 50.1 Å². The van der Waals surface area contributed by atoms with E-state index in [1.54, 1.807) is 25.3 Å². The van der Waals surface area contributed by atoms with Gasteiger partial charge in [-0.1, -0.05) is 23.7 Å². The van der Waals surface area contributed by atoms with Crippen LogP contribution >= 0.6 is 11.6 Å². The zero-order valence-corrected chi connectivity index (χ0v) is 17.9. The van der Waals surface area contributed by atoms with Crippen molar-refractivity contribution in [2.24, 2.45) is 0 Å². The lowest BCUT2D eigenvalue weighted by Crippen LogP contribution is -2.34. The van der Waals surface area contributed by atoms with Gasteiger partial charge in [-0.05, 0) is 55.2 Å². The van der Waals surface area contributed by atoms with Crippen molar-refractivity contribution in [3.63, 3.8) is 0 Å². The van der Waals surface area contributed by atoms with Crippen LogP contribution in [0.2, 0.25) is 5.02 Å². The van der Waals surface area contributed by atoms with Crippen molar-refractivity contribution in [3.05, 3.63) is 64.2 Å². The Bertz CT molecular complexity index is 887. The number of fused-ring (bicyclic) bond motifs is 1. The van der Waals surface area contributed by atoms with Crippen LogP contribution in [0.1, 0.15) is 45.5 Å². The second-order valence-electron chi connectivity index (χ2n) is 7.23. The fourth-order valence-electron chi connectivity index (χ4n) is 3.43. The van der Waals surface area contributed by atoms with Crippen LogP contribution in [0.3, 0.4) is 0 Å². The molecular formula is C23H27ClN2O4. The highest BCUT2D eigenvalue weighted by Gasteiger charge is 2.18. The smallest absolute Gasteiger partial charge is 0.255 e. The maximum atomic E-state index is 13.1. The van der Waals surface area contributed by atoms with E-state index in [0.717, 1.165) is 18.4 Å². The van der Waals surface area contributed by atoms with Crippen LogP contribution in [0.15, 0.2) is 42.5 Å². The number of halogens is 1. The third-order valence-corrected chi connectivity index (χ3v) is 5.16. The molecule has 0 spiro atoms. The van der Waals surface area contributed by atoms with Crippen molar-refractivity contribution >= 4 is 23.4 Å². The van der Waals surface area contributed by atoms with E-state index in [-0.39, 0.29) is 11.8 Å². The zero-order valence-electron chi connectivity index (χ0n) is 17.2. The second-order valence-corrected chi connectivity index (χ2v) is 7.67. The van der Waals surface area contributed by atoms with E-state index in [1.807, 2.05) is 29.2 Å². The lowest BCUT2D eigenvalue weighted by molar-refractivity contribution is 0.0743. The first-order chi connectivity index (χ1) is 14.6. The number of nitrogens with one attached hydrogen (secondary N) is 1. The number of nitrogens with zero attached hydrogens (tertiary/aromatic N) is 1. The second kappa shape index (κ2) is 11.0. The van der Waals surface area contributed by atoms with Crippen LogP contribution in [0.25, 0.3) is 0 Å². The fraction of sp³-hybridized carbons (Fsp3) is 0.391. The number of hydrogen-bond acceptors (Lipinski definition) is 4. The molecule has 30 heavy (non-hydrogen) atoms. The summed E-state index contributed by atoms with van der Waals surface area (Å²) in [5.74, 6) is 0.301. The Kier molecular flexibility index (Phi) is 8.11. The first-order valence-electron chi connectivity index (χ1n) is 10.2. The molecule has 1 heterocycles. The van der Waals surface area contributed by atoms with Crippen molar-refractivity contribution in [2.75, 3.05) is 33.4 Å². The molecule has 0 atom stereocenters. The van der Waals surface area contributed by atoms with Gasteiger partial charge in [-0.25, -0.2) is 0 Å². The number of rotatable bonds is 3. The molecule has 0 fully saturated rings. The van der Waals surface area contributed by atoms with Crippen LogP contribution in [0, 0.1) is 0 Å². The highest BCUT2D eigenvalue weighted by molar-refractivity contribution is 6.31. The number of amides is 2. The van der Waals surface area contributed by atoms with Crippen molar-refractivity contribution in [1.82, 2.24) is 10.2 Å². The van der Waals surface area contributed by atoms with E-state index in [0.29, 0.717) is 61.2 Å². The van der Waals surface area contributed by atoms with Crippen molar-refractivity contribution in [1.29, 1.82) is 0 Å². The average molecular weight is 431 g/mol. The first kappa shape index (κ1) is 22.1. The zero-order chi connectivity index (χ0) is 21.3. The Morgan fingerprint density at radius 1 is 1.17 bits per heavy atom. The summed E-state index contributed by atoms with van der Waals surface area (Å²) in [5, 5.41) is 3.40. The largest absolute Gasteiger partial charge is 0.493 e. The Morgan fingerprint density at radius 2 is 2.00 bits per heavy atom. The van der Waals surface area contributed by atoms with Crippen molar-refractivity contribution in [2.45, 2.75) is 25.9 Å². The number of benzene rings is 2. The lowest BCUT2D eigenvalue weighted by atomic mass is 10.1. The van der Waals surface area contributed by atoms with Gasteiger partial charge in [0, 0.05) is 37.3 Å². The lowest BCUT2D eigenvalue weighted by Gasteiger charge is -2.23. The summed E-state index contributed by atoms with van der Waals surface area (Å²) in [5.41, 5.74) is 2.06. The molecule has 0 bridgehead atoms. The van der Waals surface area contributed by atoms with E-state index in [4.69, 9.17) is 21.1 Å². The molecule has 2 amide bonds. The monoisotopic (exact) mass is 430 g/mol. The normalized spacial score (nSPS) is 15.7. The van der Waals surface area contributed by atoms with Gasteiger partial charge in [-0.3, -0.25) is 9.59 Å². The summed E-state index contributed by atoms with van der Waals surface area (Å²) in [6.07, 6.45) is 2.23. The molecular weight excluding hydrogens is 404 g/mol. The molecule has 160 valence electrons. The van der Waals surface area contributed by atoms with Gasteiger partial charge < -0.3 is 19.7 Å². The van der Waals surface area contributed by atoms with Gasteiger partial charge in [-0.2, -0.15) is 0 Å². The maximum absolute atomic E-state index is 13.1. The number of ether oxygens (including phenoxy) is 2. The van der Waals surface area contributed by atoms with Crippen molar-refractivity contribution < 1.29 is 19.1 Å². The summed E-state index contributed by atoms with van der Waals surface area (Å²) in [7, 11) is 1.64. The molecule has 6 nitrogen and oxygen atoms in total. The molecule has 2 aromatic carbocycles. The molecule has 0 aromatic heterocycles. The minimum Gasteiger partial charge on any atom is -0.493 e. The summed E-state index contributed by atoms with van der Waals surface area (Å²) >= 11 is 6.05. The Labute approximate surface area is 182 Å². The quantitative estimate of drug-likeness (QED) is 0.801. The summed E-state index contributed by atoms with van der Waals surface area (Å²) in [4.78, 5) is 27.4. The number of carbonyl (C=O) groups excluding carboxylic acids is 2. The Balaban J connectivity index is 1.71. The molecule has 0 saturated heterocycles. The van der Waals surface area contributed by atoms with Crippen LogP contribution in [0.5, 0.6) is 5.75 Å². The van der Waals surface area contributed by atoms with Crippen LogP contribution < -0.4 is 10.1 Å². The summed E-state index contributed by atoms with van der Waals surface area (Å²) < 4.78 is 11.0. The molecule has 1 aliphatic rings. The average Bonchev–Trinajstić information content (AvgIpc) is 2.76. The standard InChI is InChI=1S/C23H27ClN2O4/c1-29-16-17-6-4-7-18(14-17)23(28)26-11-3-2-10-25-22(27)20-15-19(24)8-9-21(20)30-13-5-12-26/h4,6-9,14-15H,2-3,5,10-13,16H2,1H3,(H,25,27). The summed E-state index contributed by atoms with van der Waals surface area (Å²) in [6.45, 7) is 2.60. The highest BCUT2D eigenvalue weighted by Crippen LogP contribution is 2.23. The van der Waals surface area contributed by atoms with Gasteiger partial charge in [0.15, 0.2) is 0 Å². The fourth-order valence-corrected chi connectivity index (χ4v) is 3.60. The van der Waals surface area contributed by atoms with Gasteiger partial charge in [0.1, 0.15) is 5.75 Å². The third-order valence-electron chi connectivity index (χ3n) is 4.93. The molecule has 0 unspecified atom stereocenters. The highest BCUT2D eigenvalue weighted by atomic mass is 35.5. The van der Waals surface area contributed by atoms with Gasteiger partial charge >= 0.3 is 0 Å².